The molecule has 0 aliphatic carbocycles. The molecule has 0 aliphatic heterocycles. The minimum absolute atomic E-state index is 0.273. The summed E-state index contributed by atoms with van der Waals surface area (Å²) in [5.41, 5.74) is 0.969. The van der Waals surface area contributed by atoms with E-state index in [-0.39, 0.29) is 11.6 Å². The van der Waals surface area contributed by atoms with E-state index in [1.807, 2.05) is 19.9 Å². The average molecular weight is 256 g/mol. The Bertz CT molecular complexity index is 353. The third kappa shape index (κ3) is 5.02. The molecule has 0 spiro atoms. The molecule has 0 amide bonds. The van der Waals surface area contributed by atoms with Crippen LogP contribution in [0.25, 0.3) is 0 Å². The lowest BCUT2D eigenvalue weighted by molar-refractivity contribution is 0.0538. The van der Waals surface area contributed by atoms with Crippen LogP contribution < -0.4 is 4.74 Å². The molecule has 18 heavy (non-hydrogen) atoms. The maximum atomic E-state index is 13.7. The second-order valence-corrected chi connectivity index (χ2v) is 4.30. The lowest BCUT2D eigenvalue weighted by Crippen LogP contribution is -2.10. The minimum atomic E-state index is -0.321. The number of hydrogen-bond acceptors (Lipinski definition) is 3. The maximum Gasteiger partial charge on any atom is 0.165 e. The molecule has 0 aromatic heterocycles. The quantitative estimate of drug-likeness (QED) is 0.669. The summed E-state index contributed by atoms with van der Waals surface area (Å²) < 4.78 is 29.0. The Labute approximate surface area is 108 Å². The summed E-state index contributed by atoms with van der Waals surface area (Å²) in [6.07, 6.45) is 0. The number of rotatable bonds is 8. The molecule has 1 aromatic rings. The highest BCUT2D eigenvalue weighted by atomic mass is 19.1. The molecule has 0 atom stereocenters. The average Bonchev–Trinajstić information content (AvgIpc) is 2.35. The minimum Gasteiger partial charge on any atom is -0.488 e. The van der Waals surface area contributed by atoms with E-state index in [1.54, 1.807) is 13.2 Å². The van der Waals surface area contributed by atoms with Crippen LogP contribution in [0.15, 0.2) is 18.2 Å². The number of methoxy groups -OCH3 is 1. The van der Waals surface area contributed by atoms with Gasteiger partial charge in [0.05, 0.1) is 19.8 Å². The highest BCUT2D eigenvalue weighted by Gasteiger charge is 2.06. The van der Waals surface area contributed by atoms with Gasteiger partial charge in [-0.3, -0.25) is 0 Å². The Morgan fingerprint density at radius 1 is 1.11 bits per heavy atom. The molecule has 102 valence electrons. The first-order valence-corrected chi connectivity index (χ1v) is 6.14. The lowest BCUT2D eigenvalue weighted by Gasteiger charge is -2.10. The van der Waals surface area contributed by atoms with Crippen molar-refractivity contribution in [3.05, 3.63) is 29.6 Å². The monoisotopic (exact) mass is 256 g/mol. The Balaban J connectivity index is 2.34. The molecule has 0 heterocycles. The Kier molecular flexibility index (Phi) is 6.68. The lowest BCUT2D eigenvalue weighted by atomic mass is 10.0. The first-order valence-electron chi connectivity index (χ1n) is 6.14. The molecule has 0 aliphatic rings. The fourth-order valence-corrected chi connectivity index (χ4v) is 1.45. The maximum absolute atomic E-state index is 13.7. The van der Waals surface area contributed by atoms with E-state index in [4.69, 9.17) is 14.2 Å². The fourth-order valence-electron chi connectivity index (χ4n) is 1.45. The van der Waals surface area contributed by atoms with Crippen LogP contribution in [0.2, 0.25) is 0 Å². The molecular weight excluding hydrogens is 235 g/mol. The summed E-state index contributed by atoms with van der Waals surface area (Å²) in [5, 5.41) is 0. The molecule has 0 radical (unpaired) electrons. The standard InChI is InChI=1S/C14H21FO3/c1-11(2)12-4-5-14(13(15)10-12)18-9-8-17-7-6-16-3/h4-5,10-11H,6-9H2,1-3H3. The molecule has 0 fully saturated rings. The van der Waals surface area contributed by atoms with Crippen LogP contribution in [-0.4, -0.2) is 33.5 Å². The third-order valence-corrected chi connectivity index (χ3v) is 2.54. The van der Waals surface area contributed by atoms with Crippen molar-refractivity contribution in [2.24, 2.45) is 0 Å². The molecule has 0 saturated carbocycles. The van der Waals surface area contributed by atoms with E-state index < -0.39 is 0 Å². The summed E-state index contributed by atoms with van der Waals surface area (Å²) in [5.74, 6) is 0.263. The van der Waals surface area contributed by atoms with Crippen molar-refractivity contribution >= 4 is 0 Å². The fraction of sp³-hybridized carbons (Fsp3) is 0.571. The van der Waals surface area contributed by atoms with Crippen LogP contribution in [0.3, 0.4) is 0 Å². The molecule has 0 saturated heterocycles. The van der Waals surface area contributed by atoms with Gasteiger partial charge in [-0.2, -0.15) is 0 Å². The van der Waals surface area contributed by atoms with E-state index in [0.29, 0.717) is 32.3 Å². The van der Waals surface area contributed by atoms with Gasteiger partial charge in [-0.15, -0.1) is 0 Å². The van der Waals surface area contributed by atoms with Gasteiger partial charge in [0.2, 0.25) is 0 Å². The predicted molar refractivity (Wildman–Crippen MR) is 68.7 cm³/mol. The summed E-state index contributed by atoms with van der Waals surface area (Å²) in [6.45, 7) is 5.89. The number of hydrogen-bond donors (Lipinski definition) is 0. The zero-order valence-electron chi connectivity index (χ0n) is 11.2. The smallest absolute Gasteiger partial charge is 0.165 e. The van der Waals surface area contributed by atoms with E-state index in [9.17, 15) is 4.39 Å². The highest BCUT2D eigenvalue weighted by Crippen LogP contribution is 2.22. The van der Waals surface area contributed by atoms with E-state index in [0.717, 1.165) is 5.56 Å². The van der Waals surface area contributed by atoms with Crippen molar-refractivity contribution in [2.45, 2.75) is 19.8 Å². The van der Waals surface area contributed by atoms with Crippen molar-refractivity contribution in [2.75, 3.05) is 33.5 Å². The predicted octanol–water partition coefficient (Wildman–Crippen LogP) is 2.99. The Morgan fingerprint density at radius 2 is 1.83 bits per heavy atom. The third-order valence-electron chi connectivity index (χ3n) is 2.54. The summed E-state index contributed by atoms with van der Waals surface area (Å²) >= 11 is 0. The topological polar surface area (TPSA) is 27.7 Å². The van der Waals surface area contributed by atoms with Gasteiger partial charge < -0.3 is 14.2 Å². The molecule has 3 nitrogen and oxygen atoms in total. The van der Waals surface area contributed by atoms with Crippen LogP contribution in [0.4, 0.5) is 4.39 Å². The van der Waals surface area contributed by atoms with Crippen LogP contribution >= 0.6 is 0 Å². The Hall–Kier alpha value is -1.13. The summed E-state index contributed by atoms with van der Waals surface area (Å²) in [4.78, 5) is 0. The molecular formula is C14H21FO3. The number of benzene rings is 1. The SMILES string of the molecule is COCCOCCOc1ccc(C(C)C)cc1F. The van der Waals surface area contributed by atoms with Crippen LogP contribution in [0, 0.1) is 5.82 Å². The first kappa shape index (κ1) is 14.9. The van der Waals surface area contributed by atoms with Gasteiger partial charge in [0.15, 0.2) is 11.6 Å². The summed E-state index contributed by atoms with van der Waals surface area (Å²) in [6, 6.07) is 5.07. The van der Waals surface area contributed by atoms with Gasteiger partial charge in [0.1, 0.15) is 6.61 Å². The van der Waals surface area contributed by atoms with Crippen molar-refractivity contribution in [1.82, 2.24) is 0 Å². The van der Waals surface area contributed by atoms with Crippen molar-refractivity contribution in [3.63, 3.8) is 0 Å². The summed E-state index contributed by atoms with van der Waals surface area (Å²) in [7, 11) is 1.62. The van der Waals surface area contributed by atoms with Gasteiger partial charge in [0.25, 0.3) is 0 Å². The van der Waals surface area contributed by atoms with Gasteiger partial charge >= 0.3 is 0 Å². The Morgan fingerprint density at radius 3 is 2.44 bits per heavy atom. The number of ether oxygens (including phenoxy) is 3. The molecule has 0 bridgehead atoms. The molecule has 1 aromatic carbocycles. The molecule has 0 unspecified atom stereocenters. The van der Waals surface area contributed by atoms with Crippen LogP contribution in [0.5, 0.6) is 5.75 Å². The van der Waals surface area contributed by atoms with Gasteiger partial charge in [-0.05, 0) is 23.6 Å². The van der Waals surface area contributed by atoms with Crippen molar-refractivity contribution < 1.29 is 18.6 Å². The van der Waals surface area contributed by atoms with Crippen molar-refractivity contribution in [3.8, 4) is 5.75 Å². The van der Waals surface area contributed by atoms with Gasteiger partial charge in [-0.25, -0.2) is 4.39 Å². The second-order valence-electron chi connectivity index (χ2n) is 4.30. The van der Waals surface area contributed by atoms with E-state index >= 15 is 0 Å². The van der Waals surface area contributed by atoms with Gasteiger partial charge in [-0.1, -0.05) is 19.9 Å². The first-order chi connectivity index (χ1) is 8.65. The van der Waals surface area contributed by atoms with E-state index in [1.165, 1.54) is 6.07 Å². The zero-order chi connectivity index (χ0) is 13.4. The molecule has 0 N–H and O–H groups in total. The molecule has 4 heteroatoms. The highest BCUT2D eigenvalue weighted by molar-refractivity contribution is 5.30. The van der Waals surface area contributed by atoms with Crippen LogP contribution in [0.1, 0.15) is 25.3 Å². The normalized spacial score (nSPS) is 10.9. The van der Waals surface area contributed by atoms with Crippen molar-refractivity contribution in [1.29, 1.82) is 0 Å². The van der Waals surface area contributed by atoms with Gasteiger partial charge in [0, 0.05) is 7.11 Å². The molecule has 1 rings (SSSR count). The number of halogens is 1. The second kappa shape index (κ2) is 8.06. The largest absolute Gasteiger partial charge is 0.488 e. The van der Waals surface area contributed by atoms with E-state index in [2.05, 4.69) is 0 Å². The van der Waals surface area contributed by atoms with Crippen LogP contribution in [-0.2, 0) is 9.47 Å². The zero-order valence-corrected chi connectivity index (χ0v) is 11.2.